The molecule has 0 heterocycles. The fourth-order valence-electron chi connectivity index (χ4n) is 2.82. The second-order valence-electron chi connectivity index (χ2n) is 6.15. The van der Waals surface area contributed by atoms with Gasteiger partial charge in [-0.25, -0.2) is 0 Å². The van der Waals surface area contributed by atoms with Gasteiger partial charge in [-0.2, -0.15) is 0 Å². The lowest BCUT2D eigenvalue weighted by atomic mass is 9.97. The third-order valence-corrected chi connectivity index (χ3v) is 4.10. The minimum atomic E-state index is 0.0770. The average Bonchev–Trinajstić information content (AvgIpc) is 2.58. The van der Waals surface area contributed by atoms with Gasteiger partial charge in [0.1, 0.15) is 5.75 Å². The molecule has 0 aromatic heterocycles. The van der Waals surface area contributed by atoms with Gasteiger partial charge < -0.3 is 10.1 Å². The maximum absolute atomic E-state index is 12.2. The first-order chi connectivity index (χ1) is 11.6. The molecule has 2 aromatic rings. The van der Waals surface area contributed by atoms with Crippen molar-refractivity contribution in [2.45, 2.75) is 46.1 Å². The Bertz CT molecular complexity index is 652. The summed E-state index contributed by atoms with van der Waals surface area (Å²) in [7, 11) is 0. The van der Waals surface area contributed by atoms with Crippen molar-refractivity contribution in [3.8, 4) is 5.75 Å². The van der Waals surface area contributed by atoms with Gasteiger partial charge in [0.25, 0.3) is 0 Å². The molecule has 0 saturated heterocycles. The van der Waals surface area contributed by atoms with E-state index < -0.39 is 0 Å². The van der Waals surface area contributed by atoms with E-state index in [-0.39, 0.29) is 11.9 Å². The minimum Gasteiger partial charge on any atom is -0.494 e. The molecule has 0 unspecified atom stereocenters. The average molecular weight is 325 g/mol. The van der Waals surface area contributed by atoms with Crippen LogP contribution in [0.15, 0.2) is 48.5 Å². The molecule has 0 spiro atoms. The highest BCUT2D eigenvalue weighted by molar-refractivity contribution is 5.76. The minimum absolute atomic E-state index is 0.0770. The zero-order valence-corrected chi connectivity index (χ0v) is 14.8. The summed E-state index contributed by atoms with van der Waals surface area (Å²) in [5.74, 6) is 0.929. The van der Waals surface area contributed by atoms with Crippen LogP contribution in [-0.2, 0) is 4.79 Å². The van der Waals surface area contributed by atoms with Crippen molar-refractivity contribution in [3.05, 3.63) is 65.2 Å². The molecule has 128 valence electrons. The Morgan fingerprint density at radius 2 is 1.88 bits per heavy atom. The SMILES string of the molecule is CC[C@@H](NC(=O)CCCOc1ccccc1)c1ccc(C)cc1C. The second kappa shape index (κ2) is 9.11. The van der Waals surface area contributed by atoms with Crippen LogP contribution in [0.4, 0.5) is 0 Å². The number of benzene rings is 2. The molecule has 0 aliphatic carbocycles. The van der Waals surface area contributed by atoms with Crippen molar-refractivity contribution in [3.63, 3.8) is 0 Å². The fraction of sp³-hybridized carbons (Fsp3) is 0.381. The van der Waals surface area contributed by atoms with Crippen LogP contribution in [0.5, 0.6) is 5.75 Å². The molecular weight excluding hydrogens is 298 g/mol. The van der Waals surface area contributed by atoms with E-state index in [0.717, 1.165) is 12.2 Å². The maximum atomic E-state index is 12.2. The summed E-state index contributed by atoms with van der Waals surface area (Å²) < 4.78 is 5.62. The molecule has 0 bridgehead atoms. The van der Waals surface area contributed by atoms with Gasteiger partial charge in [-0.15, -0.1) is 0 Å². The van der Waals surface area contributed by atoms with Crippen LogP contribution in [0.1, 0.15) is 48.9 Å². The number of rotatable bonds is 8. The number of carbonyl (C=O) groups excluding carboxylic acids is 1. The Morgan fingerprint density at radius 3 is 2.54 bits per heavy atom. The van der Waals surface area contributed by atoms with Crippen LogP contribution in [0.3, 0.4) is 0 Å². The van der Waals surface area contributed by atoms with E-state index in [0.29, 0.717) is 19.4 Å². The highest BCUT2D eigenvalue weighted by atomic mass is 16.5. The maximum Gasteiger partial charge on any atom is 0.220 e. The number of amides is 1. The number of nitrogens with one attached hydrogen (secondary N) is 1. The van der Waals surface area contributed by atoms with Gasteiger partial charge in [-0.05, 0) is 49.9 Å². The van der Waals surface area contributed by atoms with Gasteiger partial charge in [0.15, 0.2) is 0 Å². The van der Waals surface area contributed by atoms with Crippen molar-refractivity contribution >= 4 is 5.91 Å². The topological polar surface area (TPSA) is 38.3 Å². The quantitative estimate of drug-likeness (QED) is 0.713. The molecule has 0 aliphatic heterocycles. The first-order valence-corrected chi connectivity index (χ1v) is 8.64. The molecule has 24 heavy (non-hydrogen) atoms. The summed E-state index contributed by atoms with van der Waals surface area (Å²) in [5, 5.41) is 3.15. The summed E-state index contributed by atoms with van der Waals surface area (Å²) in [6, 6.07) is 16.2. The van der Waals surface area contributed by atoms with E-state index in [1.807, 2.05) is 30.3 Å². The van der Waals surface area contributed by atoms with Gasteiger partial charge in [-0.1, -0.05) is 48.9 Å². The van der Waals surface area contributed by atoms with Crippen LogP contribution in [-0.4, -0.2) is 12.5 Å². The Morgan fingerprint density at radius 1 is 1.12 bits per heavy atom. The third kappa shape index (κ3) is 5.41. The number of ether oxygens (including phenoxy) is 1. The molecule has 0 saturated carbocycles. The lowest BCUT2D eigenvalue weighted by molar-refractivity contribution is -0.122. The first kappa shape index (κ1) is 18.1. The second-order valence-corrected chi connectivity index (χ2v) is 6.15. The van der Waals surface area contributed by atoms with E-state index >= 15 is 0 Å². The molecule has 0 aliphatic rings. The number of hydrogen-bond acceptors (Lipinski definition) is 2. The molecular formula is C21H27NO2. The van der Waals surface area contributed by atoms with E-state index in [4.69, 9.17) is 4.74 Å². The summed E-state index contributed by atoms with van der Waals surface area (Å²) in [6.07, 6.45) is 2.08. The summed E-state index contributed by atoms with van der Waals surface area (Å²) in [6.45, 7) is 6.84. The van der Waals surface area contributed by atoms with E-state index in [1.54, 1.807) is 0 Å². The number of hydrogen-bond donors (Lipinski definition) is 1. The highest BCUT2D eigenvalue weighted by Crippen LogP contribution is 2.21. The molecule has 1 amide bonds. The zero-order valence-electron chi connectivity index (χ0n) is 14.8. The van der Waals surface area contributed by atoms with Crippen molar-refractivity contribution < 1.29 is 9.53 Å². The number of carbonyl (C=O) groups is 1. The van der Waals surface area contributed by atoms with Crippen LogP contribution < -0.4 is 10.1 Å². The lowest BCUT2D eigenvalue weighted by Gasteiger charge is -2.20. The summed E-state index contributed by atoms with van der Waals surface area (Å²) in [5.41, 5.74) is 3.68. The van der Waals surface area contributed by atoms with Crippen molar-refractivity contribution in [2.75, 3.05) is 6.61 Å². The van der Waals surface area contributed by atoms with Crippen molar-refractivity contribution in [1.82, 2.24) is 5.32 Å². The molecule has 0 radical (unpaired) electrons. The van der Waals surface area contributed by atoms with Crippen molar-refractivity contribution in [2.24, 2.45) is 0 Å². The van der Waals surface area contributed by atoms with Crippen LogP contribution in [0, 0.1) is 13.8 Å². The smallest absolute Gasteiger partial charge is 0.220 e. The Balaban J connectivity index is 1.79. The Labute approximate surface area is 145 Å². The molecule has 2 aromatic carbocycles. The van der Waals surface area contributed by atoms with E-state index in [9.17, 15) is 4.79 Å². The fourth-order valence-corrected chi connectivity index (χ4v) is 2.82. The normalized spacial score (nSPS) is 11.8. The van der Waals surface area contributed by atoms with Crippen LogP contribution >= 0.6 is 0 Å². The van der Waals surface area contributed by atoms with Crippen molar-refractivity contribution in [1.29, 1.82) is 0 Å². The van der Waals surface area contributed by atoms with Crippen LogP contribution in [0.2, 0.25) is 0 Å². The lowest BCUT2D eigenvalue weighted by Crippen LogP contribution is -2.28. The molecule has 1 N–H and O–H groups in total. The van der Waals surface area contributed by atoms with E-state index in [2.05, 4.69) is 44.3 Å². The largest absolute Gasteiger partial charge is 0.494 e. The van der Waals surface area contributed by atoms with Crippen LogP contribution in [0.25, 0.3) is 0 Å². The highest BCUT2D eigenvalue weighted by Gasteiger charge is 2.14. The first-order valence-electron chi connectivity index (χ1n) is 8.64. The standard InChI is InChI=1S/C21H27NO2/c1-4-20(19-13-12-16(2)15-17(19)3)22-21(23)11-8-14-24-18-9-6-5-7-10-18/h5-7,9-10,12-13,15,20H,4,8,11,14H2,1-3H3,(H,22,23)/t20-/m1/s1. The molecule has 3 heteroatoms. The van der Waals surface area contributed by atoms with Gasteiger partial charge in [0.05, 0.1) is 12.6 Å². The number of para-hydroxylation sites is 1. The molecule has 3 nitrogen and oxygen atoms in total. The Hall–Kier alpha value is -2.29. The zero-order chi connectivity index (χ0) is 17.4. The van der Waals surface area contributed by atoms with E-state index in [1.165, 1.54) is 16.7 Å². The van der Waals surface area contributed by atoms with Gasteiger partial charge in [0.2, 0.25) is 5.91 Å². The third-order valence-electron chi connectivity index (χ3n) is 4.10. The predicted molar refractivity (Wildman–Crippen MR) is 98.3 cm³/mol. The monoisotopic (exact) mass is 325 g/mol. The van der Waals surface area contributed by atoms with Gasteiger partial charge in [0, 0.05) is 6.42 Å². The van der Waals surface area contributed by atoms with Gasteiger partial charge in [-0.3, -0.25) is 4.79 Å². The predicted octanol–water partition coefficient (Wildman–Crippen LogP) is 4.73. The molecule has 2 rings (SSSR count). The summed E-state index contributed by atoms with van der Waals surface area (Å²) in [4.78, 5) is 12.2. The van der Waals surface area contributed by atoms with Gasteiger partial charge >= 0.3 is 0 Å². The molecule has 0 fully saturated rings. The summed E-state index contributed by atoms with van der Waals surface area (Å²) >= 11 is 0. The number of aryl methyl sites for hydroxylation is 2. The molecule has 1 atom stereocenters. The Kier molecular flexibility index (Phi) is 6.86.